The number of amides is 2. The first-order valence-electron chi connectivity index (χ1n) is 7.25. The van der Waals surface area contributed by atoms with Crippen molar-refractivity contribution in [2.75, 3.05) is 0 Å². The van der Waals surface area contributed by atoms with E-state index in [0.29, 0.717) is 12.8 Å². The normalized spacial score (nSPS) is 28.5. The van der Waals surface area contributed by atoms with Gasteiger partial charge in [-0.3, -0.25) is 10.2 Å². The van der Waals surface area contributed by atoms with Crippen molar-refractivity contribution in [2.45, 2.75) is 64.2 Å². The molecule has 1 aliphatic rings. The molecule has 0 spiro atoms. The molecule has 1 aliphatic carbocycles. The van der Waals surface area contributed by atoms with Gasteiger partial charge < -0.3 is 15.2 Å². The molecule has 1 saturated carbocycles. The highest BCUT2D eigenvalue weighted by molar-refractivity contribution is 5.81. The highest BCUT2D eigenvalue weighted by Gasteiger charge is 2.49. The fourth-order valence-electron chi connectivity index (χ4n) is 2.48. The molecule has 2 amide bonds. The first-order chi connectivity index (χ1) is 10.1. The predicted octanol–water partition coefficient (Wildman–Crippen LogP) is 0.601. The zero-order chi connectivity index (χ0) is 17.0. The van der Waals surface area contributed by atoms with E-state index in [1.807, 2.05) is 6.92 Å². The summed E-state index contributed by atoms with van der Waals surface area (Å²) < 4.78 is 10.5. The van der Waals surface area contributed by atoms with E-state index in [2.05, 4.69) is 10.9 Å². The van der Waals surface area contributed by atoms with E-state index in [4.69, 9.17) is 15.2 Å². The molecule has 126 valence electrons. The largest absolute Gasteiger partial charge is 0.457 e. The van der Waals surface area contributed by atoms with Crippen LogP contribution >= 0.6 is 0 Å². The molecular formula is C14H25N3O5. The fourth-order valence-corrected chi connectivity index (χ4v) is 2.48. The Morgan fingerprint density at radius 3 is 2.50 bits per heavy atom. The molecule has 0 radical (unpaired) electrons. The van der Waals surface area contributed by atoms with Crippen LogP contribution in [0.5, 0.6) is 0 Å². The molecule has 3 atom stereocenters. The number of nitrogens with one attached hydrogen (secondary N) is 2. The summed E-state index contributed by atoms with van der Waals surface area (Å²) in [7, 11) is 0. The first-order valence-corrected chi connectivity index (χ1v) is 7.25. The van der Waals surface area contributed by atoms with Gasteiger partial charge in [0.05, 0.1) is 0 Å². The van der Waals surface area contributed by atoms with E-state index in [1.54, 1.807) is 20.8 Å². The van der Waals surface area contributed by atoms with Crippen LogP contribution in [0.25, 0.3) is 0 Å². The molecule has 3 unspecified atom stereocenters. The third-order valence-corrected chi connectivity index (χ3v) is 3.67. The number of hydrazine groups is 1. The lowest BCUT2D eigenvalue weighted by Crippen LogP contribution is -2.58. The molecule has 1 rings (SSSR count). The molecule has 4 N–H and O–H groups in total. The number of urea groups is 1. The topological polar surface area (TPSA) is 120 Å². The number of carbonyl (C=O) groups is 3. The molecule has 0 aliphatic heterocycles. The average Bonchev–Trinajstić information content (AvgIpc) is 2.37. The Balaban J connectivity index is 2.90. The third kappa shape index (κ3) is 4.87. The van der Waals surface area contributed by atoms with Crippen molar-refractivity contribution in [1.29, 1.82) is 0 Å². The highest BCUT2D eigenvalue weighted by atomic mass is 16.6. The molecule has 0 heterocycles. The number of ether oxygens (including phenoxy) is 2. The quantitative estimate of drug-likeness (QED) is 0.388. The molecule has 0 bridgehead atoms. The van der Waals surface area contributed by atoms with Crippen LogP contribution in [-0.4, -0.2) is 35.7 Å². The Kier molecular flexibility index (Phi) is 5.76. The van der Waals surface area contributed by atoms with Crippen molar-refractivity contribution in [3.05, 3.63) is 0 Å². The maximum atomic E-state index is 12.5. The molecule has 22 heavy (non-hydrogen) atoms. The van der Waals surface area contributed by atoms with Gasteiger partial charge in [-0.1, -0.05) is 6.92 Å². The highest BCUT2D eigenvalue weighted by Crippen LogP contribution is 2.36. The van der Waals surface area contributed by atoms with E-state index < -0.39 is 23.2 Å². The van der Waals surface area contributed by atoms with Gasteiger partial charge in [-0.25, -0.2) is 15.0 Å². The van der Waals surface area contributed by atoms with Crippen molar-refractivity contribution in [3.8, 4) is 0 Å². The summed E-state index contributed by atoms with van der Waals surface area (Å²) in [6, 6.07) is -0.995. The van der Waals surface area contributed by atoms with Gasteiger partial charge in [-0.05, 0) is 39.5 Å². The monoisotopic (exact) mass is 315 g/mol. The van der Waals surface area contributed by atoms with Crippen LogP contribution in [0.2, 0.25) is 0 Å². The number of rotatable bonds is 5. The molecule has 0 aromatic heterocycles. The number of hydrogen-bond donors (Lipinski definition) is 3. The molecule has 8 nitrogen and oxygen atoms in total. The maximum absolute atomic E-state index is 12.5. The minimum Gasteiger partial charge on any atom is -0.457 e. The summed E-state index contributed by atoms with van der Waals surface area (Å²) in [4.78, 5) is 34.2. The number of esters is 1. The third-order valence-electron chi connectivity index (χ3n) is 3.67. The van der Waals surface area contributed by atoms with Gasteiger partial charge in [0, 0.05) is 12.5 Å². The summed E-state index contributed by atoms with van der Waals surface area (Å²) in [5, 5.41) is 0. The zero-order valence-electron chi connectivity index (χ0n) is 13.5. The molecule has 1 fully saturated rings. The van der Waals surface area contributed by atoms with Crippen LogP contribution in [0.15, 0.2) is 0 Å². The molecule has 0 aromatic carbocycles. The lowest BCUT2D eigenvalue weighted by atomic mass is 9.76. The molecule has 0 saturated heterocycles. The van der Waals surface area contributed by atoms with Crippen LogP contribution < -0.4 is 16.6 Å². The van der Waals surface area contributed by atoms with Crippen LogP contribution in [-0.2, 0) is 19.1 Å². The number of carbonyl (C=O) groups excluding carboxylic acids is 3. The van der Waals surface area contributed by atoms with E-state index in [-0.39, 0.29) is 24.9 Å². The summed E-state index contributed by atoms with van der Waals surface area (Å²) in [6.07, 6.45) is 1.20. The first kappa shape index (κ1) is 18.2. The second-order valence-electron chi connectivity index (χ2n) is 6.67. The maximum Gasteiger partial charge on any atom is 0.351 e. The zero-order valence-corrected chi connectivity index (χ0v) is 13.5. The van der Waals surface area contributed by atoms with E-state index in [0.717, 1.165) is 0 Å². The lowest BCUT2D eigenvalue weighted by Gasteiger charge is -2.41. The van der Waals surface area contributed by atoms with Gasteiger partial charge in [0.1, 0.15) is 5.60 Å². The summed E-state index contributed by atoms with van der Waals surface area (Å²) in [5.74, 6) is -0.414. The minimum atomic E-state index is -1.35. The standard InChI is InChI=1S/C14H25N3O5/c1-9-5-6-14(21-8-18,11(19)22-13(2,3)4)7-10(9)16-17-12(15)20/h8-10,16H,5-7H2,1-4H3,(H3,15,17,20). The van der Waals surface area contributed by atoms with Gasteiger partial charge in [-0.15, -0.1) is 0 Å². The Labute approximate surface area is 130 Å². The SMILES string of the molecule is CC1CCC(OC=O)(C(=O)OC(C)(C)C)CC1NNC(N)=O. The van der Waals surface area contributed by atoms with E-state index >= 15 is 0 Å². The predicted molar refractivity (Wildman–Crippen MR) is 78.4 cm³/mol. The summed E-state index contributed by atoms with van der Waals surface area (Å²) in [5.41, 5.74) is 8.08. The molecule has 0 aromatic rings. The molecule has 8 heteroatoms. The number of primary amides is 1. The van der Waals surface area contributed by atoms with Crippen LogP contribution in [0.4, 0.5) is 4.79 Å². The van der Waals surface area contributed by atoms with Gasteiger partial charge in [0.25, 0.3) is 6.47 Å². The fraction of sp³-hybridized carbons (Fsp3) is 0.786. The molecular weight excluding hydrogens is 290 g/mol. The van der Waals surface area contributed by atoms with E-state index in [1.165, 1.54) is 0 Å². The van der Waals surface area contributed by atoms with Crippen LogP contribution in [0.3, 0.4) is 0 Å². The Morgan fingerprint density at radius 1 is 1.36 bits per heavy atom. The van der Waals surface area contributed by atoms with Gasteiger partial charge in [0.2, 0.25) is 5.60 Å². The lowest BCUT2D eigenvalue weighted by molar-refractivity contribution is -0.191. The van der Waals surface area contributed by atoms with Gasteiger partial charge >= 0.3 is 12.0 Å². The average molecular weight is 315 g/mol. The Morgan fingerprint density at radius 2 is 2.00 bits per heavy atom. The second-order valence-corrected chi connectivity index (χ2v) is 6.67. The smallest absolute Gasteiger partial charge is 0.351 e. The van der Waals surface area contributed by atoms with Crippen LogP contribution in [0, 0.1) is 5.92 Å². The Hall–Kier alpha value is -1.83. The minimum absolute atomic E-state index is 0.165. The number of nitrogens with two attached hydrogens (primary N) is 1. The van der Waals surface area contributed by atoms with Crippen molar-refractivity contribution in [3.63, 3.8) is 0 Å². The van der Waals surface area contributed by atoms with Gasteiger partial charge in [-0.2, -0.15) is 0 Å². The Bertz CT molecular complexity index is 435. The van der Waals surface area contributed by atoms with Gasteiger partial charge in [0.15, 0.2) is 0 Å². The van der Waals surface area contributed by atoms with Crippen LogP contribution in [0.1, 0.15) is 47.0 Å². The van der Waals surface area contributed by atoms with Crippen molar-refractivity contribution in [2.24, 2.45) is 11.7 Å². The van der Waals surface area contributed by atoms with Crippen molar-refractivity contribution in [1.82, 2.24) is 10.9 Å². The van der Waals surface area contributed by atoms with E-state index in [9.17, 15) is 14.4 Å². The summed E-state index contributed by atoms with van der Waals surface area (Å²) in [6.45, 7) is 7.47. The van der Waals surface area contributed by atoms with Crippen molar-refractivity contribution >= 4 is 18.5 Å². The second kappa shape index (κ2) is 6.95. The summed E-state index contributed by atoms with van der Waals surface area (Å²) >= 11 is 0. The van der Waals surface area contributed by atoms with Crippen molar-refractivity contribution < 1.29 is 23.9 Å². The number of hydrogen-bond acceptors (Lipinski definition) is 6.